The second kappa shape index (κ2) is 13.0. The molecule has 0 saturated carbocycles. The van der Waals surface area contributed by atoms with Gasteiger partial charge in [-0.2, -0.15) is 0 Å². The van der Waals surface area contributed by atoms with Gasteiger partial charge in [0.25, 0.3) is 0 Å². The van der Waals surface area contributed by atoms with Crippen molar-refractivity contribution in [1.82, 2.24) is 19.5 Å². The average Bonchev–Trinajstić information content (AvgIpc) is 3.82. The number of aromatic nitrogens is 4. The summed E-state index contributed by atoms with van der Waals surface area (Å²) in [5.41, 5.74) is 12.2. The van der Waals surface area contributed by atoms with Crippen LogP contribution in [0.2, 0.25) is 0 Å². The van der Waals surface area contributed by atoms with Crippen molar-refractivity contribution >= 4 is 43.7 Å². The summed E-state index contributed by atoms with van der Waals surface area (Å²) in [6.45, 7) is 0. The van der Waals surface area contributed by atoms with E-state index in [9.17, 15) is 0 Å². The van der Waals surface area contributed by atoms with Crippen LogP contribution in [0.5, 0.6) is 0 Å². The summed E-state index contributed by atoms with van der Waals surface area (Å²) in [6, 6.07) is 67.5. The molecule has 0 radical (unpaired) electrons. The van der Waals surface area contributed by atoms with Gasteiger partial charge in [-0.1, -0.05) is 158 Å². The van der Waals surface area contributed by atoms with Gasteiger partial charge in [-0.25, -0.2) is 15.0 Å². The largest absolute Gasteiger partial charge is 0.455 e. The van der Waals surface area contributed by atoms with Crippen LogP contribution in [0.3, 0.4) is 0 Å². The molecule has 56 heavy (non-hydrogen) atoms. The Bertz CT molecular complexity index is 3180. The predicted octanol–water partition coefficient (Wildman–Crippen LogP) is 13.2. The summed E-state index contributed by atoms with van der Waals surface area (Å²) in [4.78, 5) is 15.1. The van der Waals surface area contributed by atoms with Crippen LogP contribution in [0.1, 0.15) is 0 Å². The molecule has 0 aliphatic carbocycles. The standard InChI is InChI=1S/C51H32N4O/c1-4-15-33(16-5-1)43-31-37(51-53-49(34-17-6-2-7-18-34)52-50(54-51)35-19-8-3-9-20-35)28-30-45(43)55-44-25-12-10-21-39(44)40-29-27-36(32-46(40)55)38-23-14-24-42-41-22-11-13-26-47(41)56-48(38)42/h1-32H. The predicted molar refractivity (Wildman–Crippen MR) is 229 cm³/mol. The highest BCUT2D eigenvalue weighted by molar-refractivity contribution is 6.13. The Hall–Kier alpha value is -7.63. The Labute approximate surface area is 322 Å². The molecule has 262 valence electrons. The zero-order chi connectivity index (χ0) is 37.0. The van der Waals surface area contributed by atoms with E-state index < -0.39 is 0 Å². The van der Waals surface area contributed by atoms with Crippen LogP contribution in [0.4, 0.5) is 0 Å². The Balaban J connectivity index is 1.14. The maximum atomic E-state index is 6.51. The number of benzene rings is 8. The van der Waals surface area contributed by atoms with E-state index in [1.54, 1.807) is 0 Å². The number of fused-ring (bicyclic) bond motifs is 6. The third-order valence-corrected chi connectivity index (χ3v) is 10.7. The number of furan rings is 1. The summed E-state index contributed by atoms with van der Waals surface area (Å²) in [7, 11) is 0. The second-order valence-corrected chi connectivity index (χ2v) is 14.0. The lowest BCUT2D eigenvalue weighted by molar-refractivity contribution is 0.670. The Morgan fingerprint density at radius 2 is 0.893 bits per heavy atom. The Kier molecular flexibility index (Phi) is 7.42. The lowest BCUT2D eigenvalue weighted by Gasteiger charge is -2.16. The molecule has 0 N–H and O–H groups in total. The van der Waals surface area contributed by atoms with Gasteiger partial charge in [-0.15, -0.1) is 0 Å². The lowest BCUT2D eigenvalue weighted by Crippen LogP contribution is -2.02. The molecule has 5 nitrogen and oxygen atoms in total. The van der Waals surface area contributed by atoms with E-state index in [0.29, 0.717) is 17.5 Å². The van der Waals surface area contributed by atoms with Crippen LogP contribution >= 0.6 is 0 Å². The van der Waals surface area contributed by atoms with E-state index in [-0.39, 0.29) is 0 Å². The van der Waals surface area contributed by atoms with Crippen molar-refractivity contribution < 1.29 is 4.42 Å². The molecule has 0 aliphatic heterocycles. The van der Waals surface area contributed by atoms with Crippen molar-refractivity contribution in [3.8, 4) is 62.1 Å². The smallest absolute Gasteiger partial charge is 0.164 e. The van der Waals surface area contributed by atoms with E-state index in [0.717, 1.165) is 77.6 Å². The summed E-state index contributed by atoms with van der Waals surface area (Å²) in [6.07, 6.45) is 0. The first-order chi connectivity index (χ1) is 27.8. The molecule has 3 aromatic heterocycles. The summed E-state index contributed by atoms with van der Waals surface area (Å²) in [5.74, 6) is 1.88. The molecule has 0 spiro atoms. The number of nitrogens with zero attached hydrogens (tertiary/aromatic N) is 4. The van der Waals surface area contributed by atoms with Gasteiger partial charge in [0, 0.05) is 49.4 Å². The molecule has 11 rings (SSSR count). The van der Waals surface area contributed by atoms with Gasteiger partial charge in [0.2, 0.25) is 0 Å². The first kappa shape index (κ1) is 31.9. The maximum Gasteiger partial charge on any atom is 0.164 e. The summed E-state index contributed by atoms with van der Waals surface area (Å²) >= 11 is 0. The molecule has 0 bridgehead atoms. The van der Waals surface area contributed by atoms with E-state index in [4.69, 9.17) is 19.4 Å². The van der Waals surface area contributed by atoms with Crippen molar-refractivity contribution in [2.75, 3.05) is 0 Å². The normalized spacial score (nSPS) is 11.6. The van der Waals surface area contributed by atoms with Gasteiger partial charge >= 0.3 is 0 Å². The zero-order valence-corrected chi connectivity index (χ0v) is 30.2. The van der Waals surface area contributed by atoms with Crippen LogP contribution in [0, 0.1) is 0 Å². The maximum absolute atomic E-state index is 6.51. The molecule has 0 fully saturated rings. The fraction of sp³-hybridized carbons (Fsp3) is 0. The van der Waals surface area contributed by atoms with Gasteiger partial charge in [0.15, 0.2) is 17.5 Å². The molecule has 0 saturated heterocycles. The highest BCUT2D eigenvalue weighted by Gasteiger charge is 2.20. The Morgan fingerprint density at radius 3 is 1.61 bits per heavy atom. The number of para-hydroxylation sites is 3. The molecule has 0 amide bonds. The minimum atomic E-state index is 0.616. The fourth-order valence-corrected chi connectivity index (χ4v) is 8.03. The van der Waals surface area contributed by atoms with Gasteiger partial charge < -0.3 is 8.98 Å². The summed E-state index contributed by atoms with van der Waals surface area (Å²) in [5, 5.41) is 4.61. The molecule has 0 unspecified atom stereocenters. The highest BCUT2D eigenvalue weighted by Crippen LogP contribution is 2.41. The van der Waals surface area contributed by atoms with Crippen LogP contribution in [0.25, 0.3) is 106 Å². The van der Waals surface area contributed by atoms with E-state index >= 15 is 0 Å². The van der Waals surface area contributed by atoms with Crippen molar-refractivity contribution in [1.29, 1.82) is 0 Å². The number of hydrogen-bond donors (Lipinski definition) is 0. The van der Waals surface area contributed by atoms with Crippen LogP contribution < -0.4 is 0 Å². The SMILES string of the molecule is c1ccc(-c2nc(-c3ccccc3)nc(-c3ccc(-n4c5ccccc5c5ccc(-c6cccc7c6oc6ccccc67)cc54)c(-c4ccccc4)c3)n2)cc1. The van der Waals surface area contributed by atoms with Gasteiger partial charge in [0.1, 0.15) is 11.2 Å². The quantitative estimate of drug-likeness (QED) is 0.172. The molecular weight excluding hydrogens is 685 g/mol. The average molecular weight is 717 g/mol. The molecule has 3 heterocycles. The zero-order valence-electron chi connectivity index (χ0n) is 30.2. The topological polar surface area (TPSA) is 56.7 Å². The summed E-state index contributed by atoms with van der Waals surface area (Å²) < 4.78 is 8.91. The van der Waals surface area contributed by atoms with Crippen molar-refractivity contribution in [2.45, 2.75) is 0 Å². The van der Waals surface area contributed by atoms with Crippen molar-refractivity contribution in [2.24, 2.45) is 0 Å². The third-order valence-electron chi connectivity index (χ3n) is 10.7. The minimum absolute atomic E-state index is 0.616. The van der Waals surface area contributed by atoms with E-state index in [2.05, 4.69) is 126 Å². The first-order valence-electron chi connectivity index (χ1n) is 18.8. The van der Waals surface area contributed by atoms with Crippen LogP contribution in [0.15, 0.2) is 199 Å². The molecular formula is C51H32N4O. The lowest BCUT2D eigenvalue weighted by atomic mass is 9.99. The van der Waals surface area contributed by atoms with E-state index in [1.165, 1.54) is 10.8 Å². The van der Waals surface area contributed by atoms with Crippen LogP contribution in [-0.4, -0.2) is 19.5 Å². The molecule has 8 aromatic carbocycles. The molecule has 11 aromatic rings. The first-order valence-corrected chi connectivity index (χ1v) is 18.8. The van der Waals surface area contributed by atoms with Gasteiger partial charge in [0.05, 0.1) is 16.7 Å². The molecule has 0 atom stereocenters. The second-order valence-electron chi connectivity index (χ2n) is 14.0. The number of rotatable bonds is 6. The van der Waals surface area contributed by atoms with E-state index in [1.807, 2.05) is 72.8 Å². The molecule has 0 aliphatic rings. The third kappa shape index (κ3) is 5.29. The van der Waals surface area contributed by atoms with Crippen molar-refractivity contribution in [3.05, 3.63) is 194 Å². The fourth-order valence-electron chi connectivity index (χ4n) is 8.03. The highest BCUT2D eigenvalue weighted by atomic mass is 16.3. The van der Waals surface area contributed by atoms with Crippen LogP contribution in [-0.2, 0) is 0 Å². The minimum Gasteiger partial charge on any atom is -0.455 e. The van der Waals surface area contributed by atoms with Gasteiger partial charge in [-0.3, -0.25) is 0 Å². The molecule has 5 heteroatoms. The van der Waals surface area contributed by atoms with Crippen molar-refractivity contribution in [3.63, 3.8) is 0 Å². The Morgan fingerprint density at radius 1 is 0.339 bits per heavy atom. The number of hydrogen-bond acceptors (Lipinski definition) is 4. The monoisotopic (exact) mass is 716 g/mol. The van der Waals surface area contributed by atoms with Gasteiger partial charge in [-0.05, 0) is 47.5 Å².